The number of aromatic nitrogens is 3. The minimum absolute atomic E-state index is 0.177. The Hall–Kier alpha value is -3.20. The van der Waals surface area contributed by atoms with Crippen LogP contribution in [0.1, 0.15) is 12.5 Å². The second kappa shape index (κ2) is 7.43. The van der Waals surface area contributed by atoms with E-state index in [-0.39, 0.29) is 12.7 Å². The summed E-state index contributed by atoms with van der Waals surface area (Å²) in [4.78, 5) is 12.5. The highest BCUT2D eigenvalue weighted by Gasteiger charge is 2.21. The van der Waals surface area contributed by atoms with Crippen LogP contribution in [-0.2, 0) is 4.79 Å². The topological polar surface area (TPSA) is 104 Å². The molecule has 0 radical (unpaired) electrons. The Kier molecular flexibility index (Phi) is 4.82. The highest BCUT2D eigenvalue weighted by molar-refractivity contribution is 8.00. The van der Waals surface area contributed by atoms with Gasteiger partial charge in [0.2, 0.25) is 17.9 Å². The number of nitrogens with one attached hydrogen (secondary N) is 1. The van der Waals surface area contributed by atoms with Crippen LogP contribution in [0.2, 0.25) is 0 Å². The van der Waals surface area contributed by atoms with Gasteiger partial charge in [0.15, 0.2) is 17.3 Å². The molecule has 1 aromatic heterocycles. The molecule has 9 heteroatoms. The first kappa shape index (κ1) is 18.2. The van der Waals surface area contributed by atoms with Gasteiger partial charge in [-0.2, -0.15) is 0 Å². The number of carbonyl (C=O) groups is 1. The molecule has 2 heterocycles. The molecule has 0 bridgehead atoms. The summed E-state index contributed by atoms with van der Waals surface area (Å²) < 4.78 is 12.0. The van der Waals surface area contributed by atoms with Crippen molar-refractivity contribution in [3.63, 3.8) is 0 Å². The van der Waals surface area contributed by atoms with E-state index in [2.05, 4.69) is 15.5 Å². The van der Waals surface area contributed by atoms with Gasteiger partial charge in [0.1, 0.15) is 0 Å². The van der Waals surface area contributed by atoms with E-state index >= 15 is 0 Å². The maximum atomic E-state index is 12.5. The molecule has 3 N–H and O–H groups in total. The van der Waals surface area contributed by atoms with Crippen LogP contribution in [0.15, 0.2) is 47.6 Å². The lowest BCUT2D eigenvalue weighted by Gasteiger charge is -2.12. The monoisotopic (exact) mass is 397 g/mol. The molecule has 0 spiro atoms. The molecule has 8 nitrogen and oxygen atoms in total. The number of hydrogen-bond acceptors (Lipinski definition) is 7. The second-order valence-electron chi connectivity index (χ2n) is 6.36. The fourth-order valence-electron chi connectivity index (χ4n) is 2.69. The molecule has 4 rings (SSSR count). The van der Waals surface area contributed by atoms with Gasteiger partial charge in [-0.15, -0.1) is 10.2 Å². The Bertz CT molecular complexity index is 1020. The van der Waals surface area contributed by atoms with Crippen molar-refractivity contribution in [1.29, 1.82) is 0 Å². The van der Waals surface area contributed by atoms with E-state index in [1.807, 2.05) is 31.2 Å². The summed E-state index contributed by atoms with van der Waals surface area (Å²) in [7, 11) is 0. The number of amides is 1. The van der Waals surface area contributed by atoms with Crippen LogP contribution >= 0.6 is 11.8 Å². The Morgan fingerprint density at radius 1 is 1.18 bits per heavy atom. The summed E-state index contributed by atoms with van der Waals surface area (Å²) in [5.41, 5.74) is 2.65. The van der Waals surface area contributed by atoms with Crippen LogP contribution in [0.3, 0.4) is 0 Å². The zero-order chi connectivity index (χ0) is 19.7. The smallest absolute Gasteiger partial charge is 0.237 e. The average molecular weight is 397 g/mol. The maximum absolute atomic E-state index is 12.5. The molecule has 28 heavy (non-hydrogen) atoms. The van der Waals surface area contributed by atoms with Crippen molar-refractivity contribution in [1.82, 2.24) is 14.9 Å². The van der Waals surface area contributed by atoms with Crippen LogP contribution in [-0.4, -0.2) is 32.8 Å². The number of nitrogens with two attached hydrogens (primary N) is 1. The summed E-state index contributed by atoms with van der Waals surface area (Å²) in [5, 5.41) is 11.2. The molecule has 0 aliphatic carbocycles. The van der Waals surface area contributed by atoms with Crippen LogP contribution in [0, 0.1) is 6.92 Å². The molecule has 144 valence electrons. The number of nitrogen functional groups attached to an aromatic ring is 1. The zero-order valence-corrected chi connectivity index (χ0v) is 16.2. The standard InChI is InChI=1S/C19H19N5O3S/c1-11-3-5-13(6-4-11)17-22-23-19(24(17)20)28-12(2)18(25)21-14-7-8-15-16(9-14)27-10-26-15/h3-9,12H,10,20H2,1-2H3,(H,21,25). The van der Waals surface area contributed by atoms with E-state index in [0.29, 0.717) is 28.2 Å². The number of rotatable bonds is 5. The van der Waals surface area contributed by atoms with Crippen LogP contribution in [0.4, 0.5) is 5.69 Å². The van der Waals surface area contributed by atoms with Gasteiger partial charge in [-0.05, 0) is 26.0 Å². The molecule has 3 aromatic rings. The van der Waals surface area contributed by atoms with E-state index in [0.717, 1.165) is 11.1 Å². The third-order valence-electron chi connectivity index (χ3n) is 4.27. The van der Waals surface area contributed by atoms with Gasteiger partial charge in [0.05, 0.1) is 5.25 Å². The highest BCUT2D eigenvalue weighted by Crippen LogP contribution is 2.34. The van der Waals surface area contributed by atoms with Gasteiger partial charge >= 0.3 is 0 Å². The Balaban J connectivity index is 1.44. The Morgan fingerprint density at radius 2 is 1.93 bits per heavy atom. The fourth-order valence-corrected chi connectivity index (χ4v) is 3.46. The first-order valence-corrected chi connectivity index (χ1v) is 9.54. The molecular weight excluding hydrogens is 378 g/mol. The Labute approximate surface area is 166 Å². The average Bonchev–Trinajstić information content (AvgIpc) is 3.29. The SMILES string of the molecule is Cc1ccc(-c2nnc(SC(C)C(=O)Nc3ccc4c(c3)OCO4)n2N)cc1. The molecule has 0 saturated heterocycles. The van der Waals surface area contributed by atoms with Crippen molar-refractivity contribution in [2.75, 3.05) is 18.0 Å². The van der Waals surface area contributed by atoms with Crippen molar-refractivity contribution >= 4 is 23.4 Å². The number of nitrogens with zero attached hydrogens (tertiary/aromatic N) is 3. The lowest BCUT2D eigenvalue weighted by atomic mass is 10.1. The predicted octanol–water partition coefficient (Wildman–Crippen LogP) is 2.82. The van der Waals surface area contributed by atoms with E-state index in [1.54, 1.807) is 25.1 Å². The lowest BCUT2D eigenvalue weighted by molar-refractivity contribution is -0.115. The van der Waals surface area contributed by atoms with Gasteiger partial charge in [-0.25, -0.2) is 4.68 Å². The van der Waals surface area contributed by atoms with Gasteiger partial charge in [0, 0.05) is 17.3 Å². The molecule has 1 atom stereocenters. The molecule has 1 unspecified atom stereocenters. The number of fused-ring (bicyclic) bond motifs is 1. The van der Waals surface area contributed by atoms with Crippen LogP contribution in [0.5, 0.6) is 11.5 Å². The molecule has 2 aromatic carbocycles. The zero-order valence-electron chi connectivity index (χ0n) is 15.4. The van der Waals surface area contributed by atoms with E-state index < -0.39 is 5.25 Å². The fraction of sp³-hybridized carbons (Fsp3) is 0.211. The number of benzene rings is 2. The number of aryl methyl sites for hydroxylation is 1. The summed E-state index contributed by atoms with van der Waals surface area (Å²) in [5.74, 6) is 7.80. The maximum Gasteiger partial charge on any atom is 0.237 e. The second-order valence-corrected chi connectivity index (χ2v) is 7.67. The van der Waals surface area contributed by atoms with Crippen molar-refractivity contribution in [2.45, 2.75) is 24.3 Å². The number of anilines is 1. The molecule has 0 saturated carbocycles. The van der Waals surface area contributed by atoms with Crippen molar-refractivity contribution in [3.05, 3.63) is 48.0 Å². The summed E-state index contributed by atoms with van der Waals surface area (Å²) in [6.07, 6.45) is 0. The third-order valence-corrected chi connectivity index (χ3v) is 5.32. The first-order chi connectivity index (χ1) is 13.5. The molecule has 1 amide bonds. The van der Waals surface area contributed by atoms with Gasteiger partial charge in [0.25, 0.3) is 0 Å². The largest absolute Gasteiger partial charge is 0.454 e. The van der Waals surface area contributed by atoms with Gasteiger partial charge < -0.3 is 20.6 Å². The number of hydrogen-bond donors (Lipinski definition) is 2. The van der Waals surface area contributed by atoms with Gasteiger partial charge in [-0.1, -0.05) is 41.6 Å². The van der Waals surface area contributed by atoms with Crippen molar-refractivity contribution < 1.29 is 14.3 Å². The summed E-state index contributed by atoms with van der Waals surface area (Å²) in [6.45, 7) is 3.99. The number of thioether (sulfide) groups is 1. The molecule has 1 aliphatic rings. The van der Waals surface area contributed by atoms with Crippen LogP contribution in [0.25, 0.3) is 11.4 Å². The van der Waals surface area contributed by atoms with E-state index in [1.165, 1.54) is 16.4 Å². The number of carbonyl (C=O) groups excluding carboxylic acids is 1. The highest BCUT2D eigenvalue weighted by atomic mass is 32.2. The van der Waals surface area contributed by atoms with Crippen molar-refractivity contribution in [3.8, 4) is 22.9 Å². The summed E-state index contributed by atoms with van der Waals surface area (Å²) in [6, 6.07) is 13.1. The lowest BCUT2D eigenvalue weighted by Crippen LogP contribution is -2.23. The minimum atomic E-state index is -0.428. The number of ether oxygens (including phenoxy) is 2. The molecule has 0 fully saturated rings. The third kappa shape index (κ3) is 3.61. The van der Waals surface area contributed by atoms with E-state index in [4.69, 9.17) is 15.3 Å². The quantitative estimate of drug-likeness (QED) is 0.504. The predicted molar refractivity (Wildman–Crippen MR) is 107 cm³/mol. The molecular formula is C19H19N5O3S. The van der Waals surface area contributed by atoms with E-state index in [9.17, 15) is 4.79 Å². The normalized spacial score (nSPS) is 13.4. The summed E-state index contributed by atoms with van der Waals surface area (Å²) >= 11 is 1.24. The molecule has 1 aliphatic heterocycles. The van der Waals surface area contributed by atoms with Crippen LogP contribution < -0.4 is 20.6 Å². The van der Waals surface area contributed by atoms with Crippen molar-refractivity contribution in [2.24, 2.45) is 0 Å². The minimum Gasteiger partial charge on any atom is -0.454 e. The Morgan fingerprint density at radius 3 is 2.71 bits per heavy atom. The van der Waals surface area contributed by atoms with Gasteiger partial charge in [-0.3, -0.25) is 4.79 Å². The first-order valence-electron chi connectivity index (χ1n) is 8.66.